The van der Waals surface area contributed by atoms with Crippen LogP contribution in [0.5, 0.6) is 0 Å². The summed E-state index contributed by atoms with van der Waals surface area (Å²) in [6.45, 7) is 0. The molecule has 3 heterocycles. The molecule has 4 aromatic rings. The monoisotopic (exact) mass is 277 g/mol. The van der Waals surface area contributed by atoms with Gasteiger partial charge < -0.3 is 4.40 Å². The molecule has 0 fully saturated rings. The van der Waals surface area contributed by atoms with Crippen LogP contribution in [-0.2, 0) is 0 Å². The molecule has 0 atom stereocenters. The first-order chi connectivity index (χ1) is 9.86. The van der Waals surface area contributed by atoms with E-state index >= 15 is 0 Å². The van der Waals surface area contributed by atoms with Crippen molar-refractivity contribution in [2.45, 2.75) is 0 Å². The van der Waals surface area contributed by atoms with E-state index in [2.05, 4.69) is 24.3 Å². The summed E-state index contributed by atoms with van der Waals surface area (Å²) in [5, 5.41) is 1.22. The minimum atomic E-state index is 0.715. The van der Waals surface area contributed by atoms with Gasteiger partial charge in [-0.05, 0) is 35.7 Å². The van der Waals surface area contributed by atoms with Crippen LogP contribution >= 0.6 is 11.3 Å². The normalized spacial score (nSPS) is 11.2. The number of hydrogen-bond acceptors (Lipinski definition) is 2. The first-order valence-electron chi connectivity index (χ1n) is 6.41. The topological polar surface area (TPSA) is 21.5 Å². The Kier molecular flexibility index (Phi) is 2.47. The number of carbonyl (C=O) groups is 1. The lowest BCUT2D eigenvalue weighted by Gasteiger charge is -1.96. The summed E-state index contributed by atoms with van der Waals surface area (Å²) in [4.78, 5) is 12.6. The van der Waals surface area contributed by atoms with Crippen molar-refractivity contribution in [2.75, 3.05) is 0 Å². The molecule has 0 N–H and O–H groups in total. The predicted molar refractivity (Wildman–Crippen MR) is 83.6 cm³/mol. The van der Waals surface area contributed by atoms with E-state index in [-0.39, 0.29) is 0 Å². The lowest BCUT2D eigenvalue weighted by atomic mass is 10.2. The molecule has 3 aromatic heterocycles. The van der Waals surface area contributed by atoms with Crippen LogP contribution in [0.1, 0.15) is 10.5 Å². The third-order valence-electron chi connectivity index (χ3n) is 3.52. The summed E-state index contributed by atoms with van der Waals surface area (Å²) in [6.07, 6.45) is 2.86. The lowest BCUT2D eigenvalue weighted by Crippen LogP contribution is -1.90. The van der Waals surface area contributed by atoms with Crippen LogP contribution in [0, 0.1) is 0 Å². The Morgan fingerprint density at radius 1 is 1.00 bits per heavy atom. The summed E-state index contributed by atoms with van der Waals surface area (Å²) in [5.74, 6) is 0. The lowest BCUT2D eigenvalue weighted by molar-refractivity contribution is 0.111. The van der Waals surface area contributed by atoms with Gasteiger partial charge in [0.2, 0.25) is 0 Å². The SMILES string of the molecule is O=Cc1c(-c2cc3ccccc3s2)cc2ccccn12. The van der Waals surface area contributed by atoms with Crippen LogP contribution < -0.4 is 0 Å². The smallest absolute Gasteiger partial charge is 0.167 e. The Morgan fingerprint density at radius 2 is 1.85 bits per heavy atom. The fourth-order valence-electron chi connectivity index (χ4n) is 2.58. The number of thiophene rings is 1. The zero-order valence-electron chi connectivity index (χ0n) is 10.6. The van der Waals surface area contributed by atoms with E-state index in [1.807, 2.05) is 40.9 Å². The summed E-state index contributed by atoms with van der Waals surface area (Å²) in [5.41, 5.74) is 2.77. The zero-order chi connectivity index (χ0) is 13.5. The fourth-order valence-corrected chi connectivity index (χ4v) is 3.66. The van der Waals surface area contributed by atoms with Crippen LogP contribution in [0.4, 0.5) is 0 Å². The Labute approximate surface area is 119 Å². The van der Waals surface area contributed by atoms with Crippen molar-refractivity contribution in [1.82, 2.24) is 4.40 Å². The summed E-state index contributed by atoms with van der Waals surface area (Å²) < 4.78 is 3.18. The van der Waals surface area contributed by atoms with Crippen molar-refractivity contribution in [3.8, 4) is 10.4 Å². The van der Waals surface area contributed by atoms with Crippen LogP contribution in [0.2, 0.25) is 0 Å². The van der Waals surface area contributed by atoms with Crippen molar-refractivity contribution in [3.05, 3.63) is 66.5 Å². The van der Waals surface area contributed by atoms with E-state index in [4.69, 9.17) is 0 Å². The van der Waals surface area contributed by atoms with Crippen molar-refractivity contribution >= 4 is 33.2 Å². The third kappa shape index (κ3) is 1.60. The van der Waals surface area contributed by atoms with Gasteiger partial charge in [0.15, 0.2) is 6.29 Å². The summed E-state index contributed by atoms with van der Waals surface area (Å²) >= 11 is 1.72. The molecular weight excluding hydrogens is 266 g/mol. The number of benzene rings is 1. The van der Waals surface area contributed by atoms with Crippen molar-refractivity contribution in [1.29, 1.82) is 0 Å². The Hall–Kier alpha value is -2.39. The molecule has 1 aromatic carbocycles. The molecule has 3 heteroatoms. The van der Waals surface area contributed by atoms with Crippen LogP contribution in [0.3, 0.4) is 0 Å². The van der Waals surface area contributed by atoms with Gasteiger partial charge in [0.1, 0.15) is 0 Å². The Morgan fingerprint density at radius 3 is 2.70 bits per heavy atom. The van der Waals surface area contributed by atoms with Crippen LogP contribution in [0.25, 0.3) is 26.0 Å². The van der Waals surface area contributed by atoms with Gasteiger partial charge in [-0.3, -0.25) is 4.79 Å². The largest absolute Gasteiger partial charge is 0.314 e. The average molecular weight is 277 g/mol. The van der Waals surface area contributed by atoms with Gasteiger partial charge in [-0.25, -0.2) is 0 Å². The van der Waals surface area contributed by atoms with E-state index in [0.29, 0.717) is 5.69 Å². The second-order valence-electron chi connectivity index (χ2n) is 4.71. The van der Waals surface area contributed by atoms with E-state index in [0.717, 1.165) is 22.2 Å². The molecule has 0 saturated carbocycles. The minimum absolute atomic E-state index is 0.715. The molecule has 0 unspecified atom stereocenters. The van der Waals surface area contributed by atoms with Gasteiger partial charge in [0, 0.05) is 26.9 Å². The standard InChI is InChI=1S/C17H11NOS/c19-11-15-14(10-13-6-3-4-8-18(13)15)17-9-12-5-1-2-7-16(12)20-17/h1-11H. The fraction of sp³-hybridized carbons (Fsp3) is 0. The van der Waals surface area contributed by atoms with E-state index < -0.39 is 0 Å². The zero-order valence-corrected chi connectivity index (χ0v) is 11.4. The highest BCUT2D eigenvalue weighted by atomic mass is 32.1. The van der Waals surface area contributed by atoms with E-state index in [1.165, 1.54) is 10.1 Å². The number of hydrogen-bond donors (Lipinski definition) is 0. The van der Waals surface area contributed by atoms with Crippen molar-refractivity contribution in [3.63, 3.8) is 0 Å². The molecule has 0 aliphatic carbocycles. The molecule has 20 heavy (non-hydrogen) atoms. The second kappa shape index (κ2) is 4.32. The third-order valence-corrected chi connectivity index (χ3v) is 4.67. The Bertz CT molecular complexity index is 899. The summed E-state index contributed by atoms with van der Waals surface area (Å²) in [7, 11) is 0. The number of aldehydes is 1. The van der Waals surface area contributed by atoms with Gasteiger partial charge in [-0.15, -0.1) is 11.3 Å². The molecule has 0 saturated heterocycles. The quantitative estimate of drug-likeness (QED) is 0.489. The molecule has 96 valence electrons. The van der Waals surface area contributed by atoms with Gasteiger partial charge >= 0.3 is 0 Å². The Balaban J connectivity index is 2.03. The predicted octanol–water partition coefficient (Wildman–Crippen LogP) is 4.63. The molecule has 0 spiro atoms. The van der Waals surface area contributed by atoms with E-state index in [9.17, 15) is 4.79 Å². The number of aromatic nitrogens is 1. The number of nitrogens with zero attached hydrogens (tertiary/aromatic N) is 1. The highest BCUT2D eigenvalue weighted by Crippen LogP contribution is 2.36. The molecule has 0 bridgehead atoms. The van der Waals surface area contributed by atoms with Crippen molar-refractivity contribution < 1.29 is 4.79 Å². The maximum Gasteiger partial charge on any atom is 0.167 e. The van der Waals surface area contributed by atoms with Gasteiger partial charge in [0.25, 0.3) is 0 Å². The maximum absolute atomic E-state index is 11.5. The molecule has 4 rings (SSSR count). The highest BCUT2D eigenvalue weighted by molar-refractivity contribution is 7.22. The molecule has 0 amide bonds. The average Bonchev–Trinajstić information content (AvgIpc) is 3.07. The van der Waals surface area contributed by atoms with Crippen molar-refractivity contribution in [2.24, 2.45) is 0 Å². The number of rotatable bonds is 2. The minimum Gasteiger partial charge on any atom is -0.314 e. The van der Waals surface area contributed by atoms with Crippen LogP contribution in [-0.4, -0.2) is 10.7 Å². The molecule has 0 radical (unpaired) electrons. The molecular formula is C17H11NOS. The van der Waals surface area contributed by atoms with Gasteiger partial charge in [0.05, 0.1) is 5.69 Å². The second-order valence-corrected chi connectivity index (χ2v) is 5.79. The van der Waals surface area contributed by atoms with Gasteiger partial charge in [-0.2, -0.15) is 0 Å². The van der Waals surface area contributed by atoms with Crippen LogP contribution in [0.15, 0.2) is 60.8 Å². The first-order valence-corrected chi connectivity index (χ1v) is 7.23. The number of pyridine rings is 1. The number of carbonyl (C=O) groups excluding carboxylic acids is 1. The highest BCUT2D eigenvalue weighted by Gasteiger charge is 2.13. The van der Waals surface area contributed by atoms with Gasteiger partial charge in [-0.1, -0.05) is 24.3 Å². The molecule has 0 aliphatic heterocycles. The number of fused-ring (bicyclic) bond motifs is 2. The summed E-state index contributed by atoms with van der Waals surface area (Å²) in [6, 6.07) is 18.5. The molecule has 0 aliphatic rings. The molecule has 2 nitrogen and oxygen atoms in total. The van der Waals surface area contributed by atoms with E-state index in [1.54, 1.807) is 11.3 Å². The first kappa shape index (κ1) is 11.4. The maximum atomic E-state index is 11.5.